The molecule has 108 valence electrons. The minimum absolute atomic E-state index is 0.139. The zero-order chi connectivity index (χ0) is 15.1. The summed E-state index contributed by atoms with van der Waals surface area (Å²) < 4.78 is 5.54. The van der Waals surface area contributed by atoms with Crippen LogP contribution < -0.4 is 10.1 Å². The fraction of sp³-hybridized carbons (Fsp3) is 0.375. The minimum Gasteiger partial charge on any atom is -0.491 e. The van der Waals surface area contributed by atoms with Gasteiger partial charge in [0, 0.05) is 12.0 Å². The Labute approximate surface area is 119 Å². The van der Waals surface area contributed by atoms with Crippen molar-refractivity contribution < 1.29 is 14.3 Å². The normalized spacial score (nSPS) is 10.2. The SMILES string of the molecule is C=C(C)C(=O)NC(=O)CCc1ccc(OC(C)C)cc1. The Bertz CT molecular complexity index is 489. The summed E-state index contributed by atoms with van der Waals surface area (Å²) in [5.74, 6) is 0.0989. The van der Waals surface area contributed by atoms with Gasteiger partial charge in [-0.2, -0.15) is 0 Å². The molecule has 20 heavy (non-hydrogen) atoms. The standard InChI is InChI=1S/C16H21NO3/c1-11(2)16(19)17-15(18)10-7-13-5-8-14(9-6-13)20-12(3)4/h5-6,8-9,12H,1,7,10H2,2-4H3,(H,17,18,19). The van der Waals surface area contributed by atoms with Crippen LogP contribution in [0.4, 0.5) is 0 Å². The highest BCUT2D eigenvalue weighted by molar-refractivity contribution is 6.03. The number of imide groups is 1. The maximum Gasteiger partial charge on any atom is 0.252 e. The van der Waals surface area contributed by atoms with E-state index in [1.807, 2.05) is 38.1 Å². The van der Waals surface area contributed by atoms with Crippen LogP contribution in [0.3, 0.4) is 0 Å². The summed E-state index contributed by atoms with van der Waals surface area (Å²) in [4.78, 5) is 22.8. The highest BCUT2D eigenvalue weighted by Gasteiger charge is 2.08. The van der Waals surface area contributed by atoms with Crippen molar-refractivity contribution in [2.24, 2.45) is 0 Å². The predicted molar refractivity (Wildman–Crippen MR) is 78.5 cm³/mol. The molecule has 0 radical (unpaired) electrons. The smallest absolute Gasteiger partial charge is 0.252 e. The van der Waals surface area contributed by atoms with E-state index >= 15 is 0 Å². The average Bonchev–Trinajstić information content (AvgIpc) is 2.37. The molecule has 0 saturated heterocycles. The summed E-state index contributed by atoms with van der Waals surface area (Å²) in [6, 6.07) is 7.61. The van der Waals surface area contributed by atoms with E-state index in [1.165, 1.54) is 0 Å². The molecule has 2 amide bonds. The number of rotatable bonds is 6. The molecule has 1 rings (SSSR count). The zero-order valence-electron chi connectivity index (χ0n) is 12.2. The molecule has 0 atom stereocenters. The molecule has 0 heterocycles. The Hall–Kier alpha value is -2.10. The minimum atomic E-state index is -0.421. The van der Waals surface area contributed by atoms with Crippen LogP contribution in [0, 0.1) is 0 Å². The molecule has 1 aromatic carbocycles. The lowest BCUT2D eigenvalue weighted by Crippen LogP contribution is -2.30. The van der Waals surface area contributed by atoms with Crippen LogP contribution in [0.15, 0.2) is 36.4 Å². The first-order valence-electron chi connectivity index (χ1n) is 6.63. The van der Waals surface area contributed by atoms with Crippen molar-refractivity contribution in [2.75, 3.05) is 0 Å². The number of aryl methyl sites for hydroxylation is 1. The van der Waals surface area contributed by atoms with Crippen molar-refractivity contribution in [1.82, 2.24) is 5.32 Å². The molecule has 0 fully saturated rings. The van der Waals surface area contributed by atoms with Crippen molar-refractivity contribution in [3.8, 4) is 5.75 Å². The van der Waals surface area contributed by atoms with Gasteiger partial charge >= 0.3 is 0 Å². The van der Waals surface area contributed by atoms with Crippen molar-refractivity contribution in [1.29, 1.82) is 0 Å². The van der Waals surface area contributed by atoms with E-state index in [4.69, 9.17) is 4.74 Å². The van der Waals surface area contributed by atoms with Crippen LogP contribution in [0.1, 0.15) is 32.8 Å². The Morgan fingerprint density at radius 1 is 1.25 bits per heavy atom. The number of amides is 2. The number of hydrogen-bond acceptors (Lipinski definition) is 3. The van der Waals surface area contributed by atoms with Crippen LogP contribution in [-0.4, -0.2) is 17.9 Å². The molecular weight excluding hydrogens is 254 g/mol. The highest BCUT2D eigenvalue weighted by atomic mass is 16.5. The number of carbonyl (C=O) groups excluding carboxylic acids is 2. The second-order valence-electron chi connectivity index (χ2n) is 4.97. The van der Waals surface area contributed by atoms with Gasteiger partial charge in [0.2, 0.25) is 5.91 Å². The third-order valence-corrected chi connectivity index (χ3v) is 2.58. The Morgan fingerprint density at radius 3 is 2.35 bits per heavy atom. The number of hydrogen-bond donors (Lipinski definition) is 1. The summed E-state index contributed by atoms with van der Waals surface area (Å²) in [5, 5.41) is 2.28. The summed E-state index contributed by atoms with van der Waals surface area (Å²) >= 11 is 0. The lowest BCUT2D eigenvalue weighted by Gasteiger charge is -2.10. The average molecular weight is 275 g/mol. The quantitative estimate of drug-likeness (QED) is 0.812. The van der Waals surface area contributed by atoms with Crippen molar-refractivity contribution in [3.05, 3.63) is 42.0 Å². The second-order valence-corrected chi connectivity index (χ2v) is 4.97. The van der Waals surface area contributed by atoms with E-state index in [2.05, 4.69) is 11.9 Å². The van der Waals surface area contributed by atoms with Crippen LogP contribution in [0.2, 0.25) is 0 Å². The molecule has 0 aromatic heterocycles. The fourth-order valence-corrected chi connectivity index (χ4v) is 1.56. The van der Waals surface area contributed by atoms with Crippen molar-refractivity contribution >= 4 is 11.8 Å². The fourth-order valence-electron chi connectivity index (χ4n) is 1.56. The number of carbonyl (C=O) groups is 2. The summed E-state index contributed by atoms with van der Waals surface area (Å²) in [7, 11) is 0. The second kappa shape index (κ2) is 7.48. The van der Waals surface area contributed by atoms with Crippen molar-refractivity contribution in [3.63, 3.8) is 0 Å². The molecule has 4 nitrogen and oxygen atoms in total. The molecule has 1 N–H and O–H groups in total. The molecule has 0 aliphatic rings. The molecule has 0 aliphatic heterocycles. The molecule has 0 saturated carbocycles. The van der Waals surface area contributed by atoms with Crippen LogP contribution in [0.25, 0.3) is 0 Å². The Balaban J connectivity index is 2.43. The largest absolute Gasteiger partial charge is 0.491 e. The third kappa shape index (κ3) is 5.69. The molecular formula is C16H21NO3. The van der Waals surface area contributed by atoms with Gasteiger partial charge in [0.15, 0.2) is 0 Å². The van der Waals surface area contributed by atoms with E-state index in [9.17, 15) is 9.59 Å². The lowest BCUT2D eigenvalue weighted by atomic mass is 10.1. The van der Waals surface area contributed by atoms with Gasteiger partial charge in [0.05, 0.1) is 6.10 Å². The van der Waals surface area contributed by atoms with Crippen LogP contribution in [-0.2, 0) is 16.0 Å². The topological polar surface area (TPSA) is 55.4 Å². The zero-order valence-corrected chi connectivity index (χ0v) is 12.2. The number of benzene rings is 1. The van der Waals surface area contributed by atoms with Gasteiger partial charge in [-0.3, -0.25) is 14.9 Å². The van der Waals surface area contributed by atoms with Crippen LogP contribution >= 0.6 is 0 Å². The first kappa shape index (κ1) is 16.0. The first-order valence-corrected chi connectivity index (χ1v) is 6.63. The molecule has 0 bridgehead atoms. The maximum atomic E-state index is 11.5. The van der Waals surface area contributed by atoms with Gasteiger partial charge in [-0.1, -0.05) is 18.7 Å². The highest BCUT2D eigenvalue weighted by Crippen LogP contribution is 2.14. The van der Waals surface area contributed by atoms with E-state index < -0.39 is 5.91 Å². The Kier molecular flexibility index (Phi) is 5.97. The third-order valence-electron chi connectivity index (χ3n) is 2.58. The van der Waals surface area contributed by atoms with E-state index in [0.717, 1.165) is 11.3 Å². The molecule has 0 unspecified atom stereocenters. The van der Waals surface area contributed by atoms with Gasteiger partial charge < -0.3 is 4.74 Å². The predicted octanol–water partition coefficient (Wildman–Crippen LogP) is 2.63. The number of nitrogens with one attached hydrogen (secondary N) is 1. The monoisotopic (exact) mass is 275 g/mol. The van der Waals surface area contributed by atoms with Gasteiger partial charge in [-0.15, -0.1) is 0 Å². The summed E-state index contributed by atoms with van der Waals surface area (Å²) in [6.45, 7) is 8.99. The van der Waals surface area contributed by atoms with Gasteiger partial charge in [0.1, 0.15) is 5.75 Å². The number of ether oxygens (including phenoxy) is 1. The lowest BCUT2D eigenvalue weighted by molar-refractivity contribution is -0.128. The molecule has 1 aromatic rings. The summed E-state index contributed by atoms with van der Waals surface area (Å²) in [5.41, 5.74) is 1.35. The maximum absolute atomic E-state index is 11.5. The first-order chi connectivity index (χ1) is 9.38. The van der Waals surface area contributed by atoms with Gasteiger partial charge in [-0.05, 0) is 44.9 Å². The molecule has 0 aliphatic carbocycles. The Morgan fingerprint density at radius 2 is 1.85 bits per heavy atom. The van der Waals surface area contributed by atoms with Crippen LogP contribution in [0.5, 0.6) is 5.75 Å². The summed E-state index contributed by atoms with van der Waals surface area (Å²) in [6.07, 6.45) is 0.987. The van der Waals surface area contributed by atoms with Gasteiger partial charge in [0.25, 0.3) is 5.91 Å². The van der Waals surface area contributed by atoms with Gasteiger partial charge in [-0.25, -0.2) is 0 Å². The van der Waals surface area contributed by atoms with E-state index in [1.54, 1.807) is 6.92 Å². The molecule has 4 heteroatoms. The van der Waals surface area contributed by atoms with E-state index in [0.29, 0.717) is 12.0 Å². The van der Waals surface area contributed by atoms with Crippen molar-refractivity contribution in [2.45, 2.75) is 39.7 Å². The van der Waals surface area contributed by atoms with E-state index in [-0.39, 0.29) is 18.4 Å². The molecule has 0 spiro atoms.